The van der Waals surface area contributed by atoms with Crippen molar-refractivity contribution in [3.8, 4) is 0 Å². The third-order valence-corrected chi connectivity index (χ3v) is 4.29. The number of nitrogens with one attached hydrogen (secondary N) is 1. The first kappa shape index (κ1) is 15.7. The highest BCUT2D eigenvalue weighted by Gasteiger charge is 2.39. The largest absolute Gasteiger partial charge is 0.347 e. The lowest BCUT2D eigenvalue weighted by molar-refractivity contribution is -0.185. The Labute approximate surface area is 133 Å². The molecule has 22 heavy (non-hydrogen) atoms. The van der Waals surface area contributed by atoms with Gasteiger partial charge in [0.2, 0.25) is 5.91 Å². The Kier molecular flexibility index (Phi) is 4.63. The summed E-state index contributed by atoms with van der Waals surface area (Å²) in [7, 11) is 0. The summed E-state index contributed by atoms with van der Waals surface area (Å²) in [6, 6.07) is 4.13. The number of halogens is 2. The van der Waals surface area contributed by atoms with Gasteiger partial charge in [0.15, 0.2) is 5.79 Å². The average molecular weight is 329 g/mol. The minimum absolute atomic E-state index is 0.00625. The number of carbonyl (C=O) groups excluding carboxylic acids is 1. The number of piperidine rings is 1. The molecule has 2 aliphatic rings. The highest BCUT2D eigenvalue weighted by Crippen LogP contribution is 2.31. The quantitative estimate of drug-likeness (QED) is 0.924. The second kappa shape index (κ2) is 6.50. The molecule has 1 N–H and O–H groups in total. The highest BCUT2D eigenvalue weighted by molar-refractivity contribution is 6.31. The van der Waals surface area contributed by atoms with Crippen molar-refractivity contribution in [1.82, 2.24) is 4.90 Å². The number of rotatable bonds is 3. The van der Waals surface area contributed by atoms with Crippen LogP contribution in [0.4, 0.5) is 10.1 Å². The summed E-state index contributed by atoms with van der Waals surface area (Å²) < 4.78 is 24.4. The van der Waals surface area contributed by atoms with Crippen LogP contribution in [0, 0.1) is 5.82 Å². The van der Waals surface area contributed by atoms with Crippen molar-refractivity contribution < 1.29 is 18.7 Å². The van der Waals surface area contributed by atoms with Crippen LogP contribution in [0.15, 0.2) is 18.2 Å². The maximum atomic E-state index is 13.1. The van der Waals surface area contributed by atoms with Gasteiger partial charge in [0, 0.05) is 31.6 Å². The van der Waals surface area contributed by atoms with Crippen molar-refractivity contribution in [1.29, 1.82) is 0 Å². The van der Waals surface area contributed by atoms with E-state index < -0.39 is 11.6 Å². The Hall–Kier alpha value is -1.21. The molecule has 0 saturated carbocycles. The minimum Gasteiger partial charge on any atom is -0.347 e. The molecule has 7 heteroatoms. The summed E-state index contributed by atoms with van der Waals surface area (Å²) in [6.45, 7) is 3.07. The topological polar surface area (TPSA) is 50.8 Å². The van der Waals surface area contributed by atoms with Gasteiger partial charge in [0.25, 0.3) is 0 Å². The van der Waals surface area contributed by atoms with Gasteiger partial charge in [0.1, 0.15) is 5.82 Å². The maximum absolute atomic E-state index is 13.1. The van der Waals surface area contributed by atoms with Crippen LogP contribution in [-0.2, 0) is 14.3 Å². The zero-order chi connectivity index (χ0) is 15.6. The van der Waals surface area contributed by atoms with Gasteiger partial charge in [-0.15, -0.1) is 0 Å². The molecule has 120 valence electrons. The molecule has 2 heterocycles. The molecule has 3 rings (SSSR count). The number of likely N-dealkylation sites (tertiary alicyclic amines) is 1. The summed E-state index contributed by atoms with van der Waals surface area (Å²) in [5, 5.41) is 2.72. The molecule has 5 nitrogen and oxygen atoms in total. The fourth-order valence-corrected chi connectivity index (χ4v) is 3.00. The Bertz CT molecular complexity index is 554. The van der Waals surface area contributed by atoms with Crippen LogP contribution in [0.5, 0.6) is 0 Å². The van der Waals surface area contributed by atoms with E-state index in [0.717, 1.165) is 25.9 Å². The molecule has 1 aromatic rings. The van der Waals surface area contributed by atoms with Crippen LogP contribution in [0.1, 0.15) is 12.8 Å². The van der Waals surface area contributed by atoms with E-state index in [1.807, 2.05) is 0 Å². The SMILES string of the molecule is O=C(CN1CCC2(CC1)OCCO2)Nc1ccc(F)c(Cl)c1. The maximum Gasteiger partial charge on any atom is 0.238 e. The summed E-state index contributed by atoms with van der Waals surface area (Å²) in [5.74, 6) is -1.08. The van der Waals surface area contributed by atoms with E-state index in [1.165, 1.54) is 18.2 Å². The van der Waals surface area contributed by atoms with Gasteiger partial charge < -0.3 is 14.8 Å². The fraction of sp³-hybridized carbons (Fsp3) is 0.533. The number of benzene rings is 1. The van der Waals surface area contributed by atoms with Crippen LogP contribution >= 0.6 is 11.6 Å². The second-order valence-electron chi connectivity index (χ2n) is 5.56. The Morgan fingerprint density at radius 2 is 2.00 bits per heavy atom. The number of anilines is 1. The first-order valence-corrected chi connectivity index (χ1v) is 7.69. The van der Waals surface area contributed by atoms with Crippen LogP contribution in [0.3, 0.4) is 0 Å². The standard InChI is InChI=1S/C15H18ClFN2O3/c16-12-9-11(1-2-13(12)17)18-14(20)10-19-5-3-15(4-6-19)21-7-8-22-15/h1-2,9H,3-8,10H2,(H,18,20). The zero-order valence-electron chi connectivity index (χ0n) is 12.1. The van der Waals surface area contributed by atoms with Crippen LogP contribution in [-0.4, -0.2) is 49.4 Å². The molecule has 0 radical (unpaired) electrons. The first-order valence-electron chi connectivity index (χ1n) is 7.32. The predicted molar refractivity (Wildman–Crippen MR) is 80.3 cm³/mol. The fourth-order valence-electron chi connectivity index (χ4n) is 2.82. The van der Waals surface area contributed by atoms with Crippen molar-refractivity contribution >= 4 is 23.2 Å². The van der Waals surface area contributed by atoms with E-state index in [9.17, 15) is 9.18 Å². The van der Waals surface area contributed by atoms with Crippen LogP contribution in [0.2, 0.25) is 5.02 Å². The van der Waals surface area contributed by atoms with Crippen molar-refractivity contribution in [2.24, 2.45) is 0 Å². The van der Waals surface area contributed by atoms with E-state index in [0.29, 0.717) is 18.9 Å². The molecule has 1 amide bonds. The van der Waals surface area contributed by atoms with E-state index >= 15 is 0 Å². The lowest BCUT2D eigenvalue weighted by Crippen LogP contribution is -2.47. The van der Waals surface area contributed by atoms with Crippen molar-refractivity contribution in [3.63, 3.8) is 0 Å². The second-order valence-corrected chi connectivity index (χ2v) is 5.97. The third-order valence-electron chi connectivity index (χ3n) is 4.00. The predicted octanol–water partition coefficient (Wildman–Crippen LogP) is 2.26. The first-order chi connectivity index (χ1) is 10.6. The monoisotopic (exact) mass is 328 g/mol. The molecule has 0 atom stereocenters. The van der Waals surface area contributed by atoms with E-state index in [-0.39, 0.29) is 17.5 Å². The van der Waals surface area contributed by atoms with E-state index in [4.69, 9.17) is 21.1 Å². The molecule has 0 aliphatic carbocycles. The number of hydrogen-bond acceptors (Lipinski definition) is 4. The van der Waals surface area contributed by atoms with E-state index in [2.05, 4.69) is 10.2 Å². The molecule has 2 fully saturated rings. The third kappa shape index (κ3) is 3.57. The summed E-state index contributed by atoms with van der Waals surface area (Å²) in [5.41, 5.74) is 0.493. The molecule has 1 aromatic carbocycles. The Balaban J connectivity index is 1.49. The summed E-state index contributed by atoms with van der Waals surface area (Å²) in [4.78, 5) is 14.1. The normalized spacial score (nSPS) is 21.2. The number of amides is 1. The number of nitrogens with zero attached hydrogens (tertiary/aromatic N) is 1. The average Bonchev–Trinajstić information content (AvgIpc) is 2.94. The van der Waals surface area contributed by atoms with Gasteiger partial charge in [-0.25, -0.2) is 4.39 Å². The van der Waals surface area contributed by atoms with Crippen molar-refractivity contribution in [3.05, 3.63) is 29.0 Å². The molecule has 0 unspecified atom stereocenters. The summed E-state index contributed by atoms with van der Waals surface area (Å²) >= 11 is 5.69. The zero-order valence-corrected chi connectivity index (χ0v) is 12.9. The van der Waals surface area contributed by atoms with Gasteiger partial charge in [0.05, 0.1) is 24.8 Å². The van der Waals surface area contributed by atoms with Crippen LogP contribution in [0.25, 0.3) is 0 Å². The molecule has 2 aliphatic heterocycles. The van der Waals surface area contributed by atoms with Crippen molar-refractivity contribution in [2.45, 2.75) is 18.6 Å². The van der Waals surface area contributed by atoms with Gasteiger partial charge in [-0.05, 0) is 18.2 Å². The minimum atomic E-state index is -0.502. The molecule has 2 saturated heterocycles. The highest BCUT2D eigenvalue weighted by atomic mass is 35.5. The van der Waals surface area contributed by atoms with Gasteiger partial charge in [-0.2, -0.15) is 0 Å². The number of carbonyl (C=O) groups is 1. The molecular weight excluding hydrogens is 311 g/mol. The molecular formula is C15H18ClFN2O3. The summed E-state index contributed by atoms with van der Waals surface area (Å²) in [6.07, 6.45) is 1.53. The van der Waals surface area contributed by atoms with Crippen LogP contribution < -0.4 is 5.32 Å². The number of ether oxygens (including phenoxy) is 2. The molecule has 0 aromatic heterocycles. The lowest BCUT2D eigenvalue weighted by Gasteiger charge is -2.37. The number of hydrogen-bond donors (Lipinski definition) is 1. The van der Waals surface area contributed by atoms with Gasteiger partial charge in [-0.3, -0.25) is 9.69 Å². The Morgan fingerprint density at radius 1 is 1.32 bits per heavy atom. The smallest absolute Gasteiger partial charge is 0.238 e. The van der Waals surface area contributed by atoms with Gasteiger partial charge in [-0.1, -0.05) is 11.6 Å². The Morgan fingerprint density at radius 3 is 2.64 bits per heavy atom. The lowest BCUT2D eigenvalue weighted by atomic mass is 10.0. The van der Waals surface area contributed by atoms with Crippen molar-refractivity contribution in [2.75, 3.05) is 38.2 Å². The molecule has 0 bridgehead atoms. The van der Waals surface area contributed by atoms with E-state index in [1.54, 1.807) is 0 Å². The van der Waals surface area contributed by atoms with Gasteiger partial charge >= 0.3 is 0 Å². The molecule has 1 spiro atoms.